The first-order valence-corrected chi connectivity index (χ1v) is 11.0. The molecule has 5 heteroatoms. The van der Waals surface area contributed by atoms with E-state index in [1.807, 2.05) is 71.8 Å². The Morgan fingerprint density at radius 3 is 2.53 bits per heavy atom. The zero-order valence-electron chi connectivity index (χ0n) is 17.8. The van der Waals surface area contributed by atoms with Gasteiger partial charge in [0.2, 0.25) is 5.91 Å². The highest BCUT2D eigenvalue weighted by Crippen LogP contribution is 2.41. The van der Waals surface area contributed by atoms with Gasteiger partial charge < -0.3 is 15.2 Å². The highest BCUT2D eigenvalue weighted by Gasteiger charge is 2.38. The maximum Gasteiger partial charge on any atom is 0.255 e. The van der Waals surface area contributed by atoms with Gasteiger partial charge in [-0.05, 0) is 29.7 Å². The summed E-state index contributed by atoms with van der Waals surface area (Å²) in [4.78, 5) is 30.9. The number of carbonyl (C=O) groups is 2. The molecule has 0 radical (unpaired) electrons. The second-order valence-electron chi connectivity index (χ2n) is 8.11. The van der Waals surface area contributed by atoms with Gasteiger partial charge in [-0.1, -0.05) is 66.7 Å². The average molecular weight is 424 g/mol. The smallest absolute Gasteiger partial charge is 0.255 e. The summed E-state index contributed by atoms with van der Waals surface area (Å²) in [5.41, 5.74) is 5.00. The molecule has 3 aromatic carbocycles. The molecule has 1 aromatic heterocycles. The third-order valence-electron chi connectivity index (χ3n) is 6.13. The second-order valence-corrected chi connectivity index (χ2v) is 8.11. The van der Waals surface area contributed by atoms with Crippen LogP contribution in [0.3, 0.4) is 0 Å². The van der Waals surface area contributed by atoms with Gasteiger partial charge in [-0.2, -0.15) is 0 Å². The van der Waals surface area contributed by atoms with E-state index >= 15 is 0 Å². The number of amides is 2. The minimum Gasteiger partial charge on any atom is -0.361 e. The molecule has 2 amide bonds. The van der Waals surface area contributed by atoms with E-state index < -0.39 is 0 Å². The Labute approximate surface area is 187 Å². The minimum absolute atomic E-state index is 0.0204. The van der Waals surface area contributed by atoms with E-state index in [2.05, 4.69) is 28.5 Å². The Morgan fingerprint density at radius 1 is 0.906 bits per heavy atom. The Bertz CT molecular complexity index is 1260. The number of nitrogens with one attached hydrogen (secondary N) is 2. The number of rotatable bonds is 7. The molecule has 0 unspecified atom stereocenters. The van der Waals surface area contributed by atoms with Crippen molar-refractivity contribution in [2.45, 2.75) is 18.9 Å². The number of hydrogen-bond acceptors (Lipinski definition) is 2. The highest BCUT2D eigenvalue weighted by atomic mass is 16.2. The van der Waals surface area contributed by atoms with Gasteiger partial charge in [-0.3, -0.25) is 9.59 Å². The van der Waals surface area contributed by atoms with Crippen LogP contribution in [0.15, 0.2) is 85.1 Å². The summed E-state index contributed by atoms with van der Waals surface area (Å²) in [5.74, 6) is -0.0599. The lowest BCUT2D eigenvalue weighted by Crippen LogP contribution is -2.34. The van der Waals surface area contributed by atoms with Crippen LogP contribution in [0.25, 0.3) is 10.9 Å². The monoisotopic (exact) mass is 423 g/mol. The summed E-state index contributed by atoms with van der Waals surface area (Å²) in [6.45, 7) is 0.956. The second kappa shape index (κ2) is 8.71. The first-order valence-electron chi connectivity index (χ1n) is 11.0. The summed E-state index contributed by atoms with van der Waals surface area (Å²) in [7, 11) is 0. The van der Waals surface area contributed by atoms with E-state index in [4.69, 9.17) is 0 Å². The van der Waals surface area contributed by atoms with Crippen molar-refractivity contribution in [2.75, 3.05) is 13.1 Å². The molecule has 5 rings (SSSR count). The Balaban J connectivity index is 1.32. The zero-order chi connectivity index (χ0) is 21.9. The largest absolute Gasteiger partial charge is 0.361 e. The summed E-state index contributed by atoms with van der Waals surface area (Å²) < 4.78 is 0. The van der Waals surface area contributed by atoms with Gasteiger partial charge in [-0.25, -0.2) is 0 Å². The van der Waals surface area contributed by atoms with Crippen molar-refractivity contribution in [3.8, 4) is 0 Å². The third kappa shape index (κ3) is 3.78. The van der Waals surface area contributed by atoms with Crippen molar-refractivity contribution in [2.24, 2.45) is 0 Å². The number of carbonyl (C=O) groups excluding carboxylic acids is 2. The van der Waals surface area contributed by atoms with E-state index in [1.54, 1.807) is 0 Å². The highest BCUT2D eigenvalue weighted by molar-refractivity contribution is 6.01. The number of aromatic nitrogens is 1. The van der Waals surface area contributed by atoms with Gasteiger partial charge >= 0.3 is 0 Å². The van der Waals surface area contributed by atoms with Gasteiger partial charge in [0, 0.05) is 47.7 Å². The van der Waals surface area contributed by atoms with Crippen LogP contribution < -0.4 is 5.32 Å². The number of H-pyrrole nitrogens is 1. The molecule has 0 fully saturated rings. The van der Waals surface area contributed by atoms with E-state index in [-0.39, 0.29) is 24.3 Å². The molecule has 32 heavy (non-hydrogen) atoms. The molecular formula is C27H25N3O2. The maximum atomic E-state index is 13.2. The molecular weight excluding hydrogens is 398 g/mol. The Kier molecular flexibility index (Phi) is 5.46. The quantitative estimate of drug-likeness (QED) is 0.461. The Morgan fingerprint density at radius 2 is 1.66 bits per heavy atom. The normalized spacial score (nSPS) is 15.2. The summed E-state index contributed by atoms with van der Waals surface area (Å²) in [6, 6.07) is 25.7. The van der Waals surface area contributed by atoms with E-state index in [1.165, 1.54) is 5.56 Å². The summed E-state index contributed by atoms with van der Waals surface area (Å²) in [5, 5.41) is 4.08. The number of para-hydroxylation sites is 1. The summed E-state index contributed by atoms with van der Waals surface area (Å²) >= 11 is 0. The van der Waals surface area contributed by atoms with Crippen LogP contribution >= 0.6 is 0 Å². The predicted molar refractivity (Wildman–Crippen MR) is 125 cm³/mol. The fourth-order valence-corrected chi connectivity index (χ4v) is 4.56. The van der Waals surface area contributed by atoms with E-state index in [0.29, 0.717) is 18.7 Å². The van der Waals surface area contributed by atoms with Crippen molar-refractivity contribution in [1.82, 2.24) is 15.2 Å². The number of hydrogen-bond donors (Lipinski definition) is 2. The molecule has 2 N–H and O–H groups in total. The van der Waals surface area contributed by atoms with Crippen LogP contribution in [-0.2, 0) is 11.2 Å². The number of nitrogens with zero attached hydrogens (tertiary/aromatic N) is 1. The first-order chi connectivity index (χ1) is 15.7. The zero-order valence-corrected chi connectivity index (χ0v) is 17.8. The minimum atomic E-state index is -0.202. The lowest BCUT2D eigenvalue weighted by Gasteiger charge is -2.25. The van der Waals surface area contributed by atoms with Crippen molar-refractivity contribution in [3.63, 3.8) is 0 Å². The lowest BCUT2D eigenvalue weighted by atomic mass is 9.97. The standard InChI is InChI=1S/C27H25N3O2/c31-25(28-16-14-19-8-2-1-3-9-19)15-17-30-26(21-11-4-5-12-22(21)27(30)32)23-18-29-24-13-7-6-10-20(23)24/h1-13,18,26,29H,14-17H2,(H,28,31)/t26-/m1/s1. The topological polar surface area (TPSA) is 65.2 Å². The molecule has 0 spiro atoms. The van der Waals surface area contributed by atoms with Crippen LogP contribution in [0.1, 0.15) is 39.5 Å². The lowest BCUT2D eigenvalue weighted by molar-refractivity contribution is -0.121. The van der Waals surface area contributed by atoms with E-state index in [9.17, 15) is 9.59 Å². The average Bonchev–Trinajstić information content (AvgIpc) is 3.37. The molecule has 4 aromatic rings. The third-order valence-corrected chi connectivity index (χ3v) is 6.13. The molecule has 0 saturated heterocycles. The number of fused-ring (bicyclic) bond motifs is 2. The van der Waals surface area contributed by atoms with Crippen LogP contribution in [0.4, 0.5) is 0 Å². The first kappa shape index (κ1) is 20.1. The van der Waals surface area contributed by atoms with Crippen molar-refractivity contribution in [1.29, 1.82) is 0 Å². The van der Waals surface area contributed by atoms with Crippen LogP contribution in [0, 0.1) is 0 Å². The number of aromatic amines is 1. The van der Waals surface area contributed by atoms with Crippen LogP contribution in [-0.4, -0.2) is 34.8 Å². The molecule has 160 valence electrons. The molecule has 5 nitrogen and oxygen atoms in total. The van der Waals surface area contributed by atoms with Gasteiger partial charge in [0.25, 0.3) is 5.91 Å². The fraction of sp³-hybridized carbons (Fsp3) is 0.185. The van der Waals surface area contributed by atoms with Crippen LogP contribution in [0.2, 0.25) is 0 Å². The fourth-order valence-electron chi connectivity index (χ4n) is 4.56. The van der Waals surface area contributed by atoms with Gasteiger partial charge in [0.15, 0.2) is 0 Å². The van der Waals surface area contributed by atoms with Crippen molar-refractivity contribution in [3.05, 3.63) is 107 Å². The van der Waals surface area contributed by atoms with Crippen molar-refractivity contribution >= 4 is 22.7 Å². The molecule has 1 aliphatic rings. The Hall–Kier alpha value is -3.86. The van der Waals surface area contributed by atoms with E-state index in [0.717, 1.165) is 28.5 Å². The molecule has 0 aliphatic carbocycles. The summed E-state index contributed by atoms with van der Waals surface area (Å²) in [6.07, 6.45) is 3.05. The maximum absolute atomic E-state index is 13.2. The number of benzene rings is 3. The predicted octanol–water partition coefficient (Wildman–Crippen LogP) is 4.46. The SMILES string of the molecule is O=C(CCN1C(=O)c2ccccc2[C@@H]1c1c[nH]c2ccccc12)NCCc1ccccc1. The molecule has 1 aliphatic heterocycles. The molecule has 2 heterocycles. The van der Waals surface area contributed by atoms with Crippen molar-refractivity contribution < 1.29 is 9.59 Å². The van der Waals surface area contributed by atoms with Gasteiger partial charge in [0.1, 0.15) is 0 Å². The van der Waals surface area contributed by atoms with Gasteiger partial charge in [-0.15, -0.1) is 0 Å². The van der Waals surface area contributed by atoms with Gasteiger partial charge in [0.05, 0.1) is 6.04 Å². The molecule has 0 saturated carbocycles. The van der Waals surface area contributed by atoms with Crippen LogP contribution in [0.5, 0.6) is 0 Å². The molecule has 1 atom stereocenters. The molecule has 0 bridgehead atoms.